The number of carbonyl (C=O) groups is 1. The van der Waals surface area contributed by atoms with Gasteiger partial charge in [0, 0.05) is 18.6 Å². The molecule has 3 rings (SSSR count). The van der Waals surface area contributed by atoms with Crippen molar-refractivity contribution in [3.05, 3.63) is 41.7 Å². The summed E-state index contributed by atoms with van der Waals surface area (Å²) in [7, 11) is 0. The molecule has 0 radical (unpaired) electrons. The summed E-state index contributed by atoms with van der Waals surface area (Å²) in [6.07, 6.45) is 5.04. The van der Waals surface area contributed by atoms with Crippen molar-refractivity contribution in [1.29, 1.82) is 0 Å². The second-order valence-corrected chi connectivity index (χ2v) is 4.44. The van der Waals surface area contributed by atoms with E-state index in [0.717, 1.165) is 22.7 Å². The molecule has 5 nitrogen and oxygen atoms in total. The summed E-state index contributed by atoms with van der Waals surface area (Å²) in [5.41, 5.74) is 1.52. The summed E-state index contributed by atoms with van der Waals surface area (Å²) < 4.78 is 1.71. The minimum absolute atomic E-state index is 0.278. The predicted molar refractivity (Wildman–Crippen MR) is 63.3 cm³/mol. The standard InChI is InChI=1S/C11H7N3O2S/c15-10(16)9-6-14-5-8(13-11(14)17-9)7-3-1-2-4-12-7/h1-6H,(H,15,16). The van der Waals surface area contributed by atoms with E-state index in [2.05, 4.69) is 9.97 Å². The number of hydrogen-bond donors (Lipinski definition) is 1. The molecule has 0 aliphatic carbocycles. The van der Waals surface area contributed by atoms with Gasteiger partial charge in [-0.3, -0.25) is 9.38 Å². The molecule has 3 aromatic rings. The largest absolute Gasteiger partial charge is 0.477 e. The van der Waals surface area contributed by atoms with Gasteiger partial charge < -0.3 is 5.11 Å². The maximum atomic E-state index is 10.8. The van der Waals surface area contributed by atoms with E-state index in [4.69, 9.17) is 5.11 Å². The summed E-state index contributed by atoms with van der Waals surface area (Å²) in [6.45, 7) is 0. The Morgan fingerprint density at radius 2 is 2.18 bits per heavy atom. The number of nitrogens with zero attached hydrogens (tertiary/aromatic N) is 3. The number of fused-ring (bicyclic) bond motifs is 1. The zero-order valence-electron chi connectivity index (χ0n) is 8.57. The molecule has 0 bridgehead atoms. The molecule has 3 heterocycles. The molecule has 0 aliphatic rings. The van der Waals surface area contributed by atoms with Gasteiger partial charge in [-0.05, 0) is 12.1 Å². The Bertz CT molecular complexity index is 656. The van der Waals surface area contributed by atoms with Crippen LogP contribution in [0.3, 0.4) is 0 Å². The van der Waals surface area contributed by atoms with E-state index in [1.165, 1.54) is 0 Å². The number of rotatable bonds is 2. The first-order valence-corrected chi connectivity index (χ1v) is 5.69. The van der Waals surface area contributed by atoms with Crippen LogP contribution in [0.5, 0.6) is 0 Å². The van der Waals surface area contributed by atoms with Crippen LogP contribution in [0.4, 0.5) is 0 Å². The number of imidazole rings is 1. The van der Waals surface area contributed by atoms with Gasteiger partial charge in [0.05, 0.1) is 5.69 Å². The first-order chi connectivity index (χ1) is 8.24. The highest BCUT2D eigenvalue weighted by molar-refractivity contribution is 7.18. The third kappa shape index (κ3) is 1.68. The number of carboxylic acids is 1. The second kappa shape index (κ2) is 3.67. The van der Waals surface area contributed by atoms with Crippen molar-refractivity contribution in [2.75, 3.05) is 0 Å². The second-order valence-electron chi connectivity index (χ2n) is 3.43. The van der Waals surface area contributed by atoms with Crippen LogP contribution in [-0.4, -0.2) is 25.4 Å². The maximum Gasteiger partial charge on any atom is 0.347 e. The van der Waals surface area contributed by atoms with E-state index in [0.29, 0.717) is 4.96 Å². The highest BCUT2D eigenvalue weighted by Crippen LogP contribution is 2.22. The van der Waals surface area contributed by atoms with E-state index in [9.17, 15) is 4.79 Å². The van der Waals surface area contributed by atoms with Gasteiger partial charge in [0.25, 0.3) is 0 Å². The summed E-state index contributed by atoms with van der Waals surface area (Å²) in [6, 6.07) is 5.59. The van der Waals surface area contributed by atoms with Gasteiger partial charge in [-0.1, -0.05) is 17.4 Å². The molecule has 0 amide bonds. The lowest BCUT2D eigenvalue weighted by Crippen LogP contribution is -1.90. The van der Waals surface area contributed by atoms with Crippen molar-refractivity contribution in [2.45, 2.75) is 0 Å². The fourth-order valence-corrected chi connectivity index (χ4v) is 2.34. The molecular formula is C11H7N3O2S. The highest BCUT2D eigenvalue weighted by atomic mass is 32.1. The van der Waals surface area contributed by atoms with E-state index >= 15 is 0 Å². The molecule has 0 aromatic carbocycles. The summed E-state index contributed by atoms with van der Waals surface area (Å²) >= 11 is 1.15. The molecule has 0 unspecified atom stereocenters. The number of pyridine rings is 1. The molecule has 0 fully saturated rings. The monoisotopic (exact) mass is 245 g/mol. The minimum atomic E-state index is -0.931. The van der Waals surface area contributed by atoms with Gasteiger partial charge in [-0.25, -0.2) is 9.78 Å². The van der Waals surface area contributed by atoms with Crippen LogP contribution in [0.15, 0.2) is 36.8 Å². The number of thiazole rings is 1. The molecular weight excluding hydrogens is 238 g/mol. The average molecular weight is 245 g/mol. The maximum absolute atomic E-state index is 10.8. The Kier molecular flexibility index (Phi) is 2.15. The average Bonchev–Trinajstić information content (AvgIpc) is 2.87. The van der Waals surface area contributed by atoms with Gasteiger partial charge in [-0.15, -0.1) is 0 Å². The summed E-state index contributed by atoms with van der Waals surface area (Å²) in [5.74, 6) is -0.931. The SMILES string of the molecule is O=C(O)c1cn2cc(-c3ccccn3)nc2s1. The van der Waals surface area contributed by atoms with Crippen LogP contribution in [0.1, 0.15) is 9.67 Å². The van der Waals surface area contributed by atoms with Gasteiger partial charge in [-0.2, -0.15) is 0 Å². The van der Waals surface area contributed by atoms with Crippen molar-refractivity contribution < 1.29 is 9.90 Å². The van der Waals surface area contributed by atoms with Crippen LogP contribution in [-0.2, 0) is 0 Å². The fourth-order valence-electron chi connectivity index (χ4n) is 1.53. The molecule has 0 aliphatic heterocycles. The molecule has 6 heteroatoms. The van der Waals surface area contributed by atoms with Crippen LogP contribution >= 0.6 is 11.3 Å². The highest BCUT2D eigenvalue weighted by Gasteiger charge is 2.12. The van der Waals surface area contributed by atoms with Gasteiger partial charge in [0.15, 0.2) is 4.96 Å². The smallest absolute Gasteiger partial charge is 0.347 e. The lowest BCUT2D eigenvalue weighted by atomic mass is 10.3. The quantitative estimate of drug-likeness (QED) is 0.751. The van der Waals surface area contributed by atoms with Crippen LogP contribution in [0.2, 0.25) is 0 Å². The van der Waals surface area contributed by atoms with Crippen molar-refractivity contribution in [3.8, 4) is 11.4 Å². The Morgan fingerprint density at radius 3 is 2.82 bits per heavy atom. The lowest BCUT2D eigenvalue weighted by Gasteiger charge is -1.92. The van der Waals surface area contributed by atoms with Gasteiger partial charge in [0.1, 0.15) is 10.6 Å². The van der Waals surface area contributed by atoms with Crippen molar-refractivity contribution >= 4 is 22.3 Å². The number of aromatic carboxylic acids is 1. The Labute approximate surface area is 100 Å². The molecule has 17 heavy (non-hydrogen) atoms. The zero-order valence-corrected chi connectivity index (χ0v) is 9.39. The molecule has 84 valence electrons. The molecule has 0 atom stereocenters. The first kappa shape index (κ1) is 9.98. The normalized spacial score (nSPS) is 10.8. The Balaban J connectivity index is 2.10. The third-order valence-electron chi connectivity index (χ3n) is 2.29. The molecule has 1 N–H and O–H groups in total. The number of carboxylic acid groups (broad SMARTS) is 1. The van der Waals surface area contributed by atoms with E-state index in [1.54, 1.807) is 23.0 Å². The molecule has 3 aromatic heterocycles. The third-order valence-corrected chi connectivity index (χ3v) is 3.28. The molecule has 0 spiro atoms. The van der Waals surface area contributed by atoms with Gasteiger partial charge in [0.2, 0.25) is 0 Å². The van der Waals surface area contributed by atoms with Crippen LogP contribution < -0.4 is 0 Å². The molecule has 0 saturated heterocycles. The topological polar surface area (TPSA) is 67.5 Å². The van der Waals surface area contributed by atoms with E-state index in [1.807, 2.05) is 18.2 Å². The van der Waals surface area contributed by atoms with Crippen molar-refractivity contribution in [1.82, 2.24) is 14.4 Å². The Hall–Kier alpha value is -2.21. The molecule has 0 saturated carbocycles. The fraction of sp³-hybridized carbons (Fsp3) is 0. The van der Waals surface area contributed by atoms with Crippen LogP contribution in [0.25, 0.3) is 16.3 Å². The number of hydrogen-bond acceptors (Lipinski definition) is 4. The predicted octanol–water partition coefficient (Wildman–Crippen LogP) is 2.16. The van der Waals surface area contributed by atoms with Crippen LogP contribution in [0, 0.1) is 0 Å². The lowest BCUT2D eigenvalue weighted by molar-refractivity contribution is 0.0702. The van der Waals surface area contributed by atoms with E-state index < -0.39 is 5.97 Å². The Morgan fingerprint density at radius 1 is 1.29 bits per heavy atom. The van der Waals surface area contributed by atoms with E-state index in [-0.39, 0.29) is 4.88 Å². The van der Waals surface area contributed by atoms with Crippen molar-refractivity contribution in [2.24, 2.45) is 0 Å². The minimum Gasteiger partial charge on any atom is -0.477 e. The summed E-state index contributed by atoms with van der Waals surface area (Å²) in [5, 5.41) is 8.85. The first-order valence-electron chi connectivity index (χ1n) is 4.87. The van der Waals surface area contributed by atoms with Gasteiger partial charge >= 0.3 is 5.97 Å². The zero-order chi connectivity index (χ0) is 11.8. The van der Waals surface area contributed by atoms with Crippen molar-refractivity contribution in [3.63, 3.8) is 0 Å². The number of aromatic nitrogens is 3. The summed E-state index contributed by atoms with van der Waals surface area (Å²) in [4.78, 5) is 20.2.